The van der Waals surface area contributed by atoms with Gasteiger partial charge in [-0.1, -0.05) is 42.5 Å². The monoisotopic (exact) mass is 359 g/mol. The fraction of sp³-hybridized carbons (Fsp3) is 0.0769. The molecule has 0 aliphatic carbocycles. The van der Waals surface area contributed by atoms with Gasteiger partial charge in [0.05, 0.1) is 0 Å². The van der Waals surface area contributed by atoms with E-state index < -0.39 is 20.4 Å². The van der Waals surface area contributed by atoms with Gasteiger partial charge in [0.2, 0.25) is 0 Å². The minimum absolute atomic E-state index is 0.0566. The van der Waals surface area contributed by atoms with Crippen molar-refractivity contribution in [2.24, 2.45) is 0 Å². The molecular weight excluding hydrogens is 344 g/mol. The third kappa shape index (κ3) is 3.71. The highest BCUT2D eigenvalue weighted by Crippen LogP contribution is 2.66. The molecule has 0 radical (unpaired) electrons. The molecule has 6 N–H and O–H groups in total. The molecule has 10 heteroatoms. The predicted molar refractivity (Wildman–Crippen MR) is 84.5 cm³/mol. The molecule has 0 amide bonds. The van der Waals surface area contributed by atoms with Gasteiger partial charge in [0, 0.05) is 5.69 Å². The maximum Gasteiger partial charge on any atom is 0.390 e. The molecule has 8 nitrogen and oxygen atoms in total. The number of anilines is 1. The van der Waals surface area contributed by atoms with Crippen LogP contribution in [0, 0.1) is 0 Å². The van der Waals surface area contributed by atoms with Crippen molar-refractivity contribution in [3.8, 4) is 11.1 Å². The average Bonchev–Trinajstić information content (AvgIpc) is 2.46. The zero-order valence-corrected chi connectivity index (χ0v) is 13.4. The van der Waals surface area contributed by atoms with Gasteiger partial charge in [-0.25, -0.2) is 0 Å². The Balaban J connectivity index is 2.33. The van der Waals surface area contributed by atoms with Crippen LogP contribution in [0.1, 0.15) is 0 Å². The Morgan fingerprint density at radius 1 is 0.739 bits per heavy atom. The molecule has 0 aromatic heterocycles. The van der Waals surface area contributed by atoms with E-state index in [2.05, 4.69) is 0 Å². The van der Waals surface area contributed by atoms with Crippen molar-refractivity contribution in [1.82, 2.24) is 0 Å². The lowest BCUT2D eigenvalue weighted by Gasteiger charge is -2.30. The van der Waals surface area contributed by atoms with Crippen LogP contribution < -0.4 is 5.32 Å². The van der Waals surface area contributed by atoms with Crippen LogP contribution in [0.25, 0.3) is 11.1 Å². The molecule has 124 valence electrons. The Kier molecular flexibility index (Phi) is 4.80. The number of hydrogen-bond donors (Lipinski definition) is 6. The molecule has 0 spiro atoms. The summed E-state index contributed by atoms with van der Waals surface area (Å²) < 4.78 is 22.6. The van der Waals surface area contributed by atoms with Crippen molar-refractivity contribution in [2.45, 2.75) is 5.21 Å². The third-order valence-corrected chi connectivity index (χ3v) is 6.53. The molecule has 0 saturated heterocycles. The molecule has 2 rings (SSSR count). The summed E-state index contributed by atoms with van der Waals surface area (Å²) in [6.45, 7) is 0. The largest absolute Gasteiger partial charge is 0.390 e. The van der Waals surface area contributed by atoms with E-state index in [-0.39, 0.29) is 5.69 Å². The summed E-state index contributed by atoms with van der Waals surface area (Å²) >= 11 is 0. The molecular formula is C13H15NO7P2. The highest BCUT2D eigenvalue weighted by atomic mass is 31.2. The van der Waals surface area contributed by atoms with Gasteiger partial charge in [-0.3, -0.25) is 9.13 Å². The second kappa shape index (κ2) is 6.19. The number of rotatable bonds is 5. The molecule has 0 aliphatic rings. The Morgan fingerprint density at radius 2 is 1.17 bits per heavy atom. The van der Waals surface area contributed by atoms with Gasteiger partial charge in [-0.05, 0) is 23.3 Å². The molecule has 0 bridgehead atoms. The van der Waals surface area contributed by atoms with Crippen molar-refractivity contribution in [3.63, 3.8) is 0 Å². The quantitative estimate of drug-likeness (QED) is 0.349. The number of nitrogens with one attached hydrogen (secondary N) is 1. The van der Waals surface area contributed by atoms with E-state index in [0.717, 1.165) is 11.1 Å². The molecule has 0 aliphatic heterocycles. The van der Waals surface area contributed by atoms with Crippen molar-refractivity contribution in [1.29, 1.82) is 0 Å². The summed E-state index contributed by atoms with van der Waals surface area (Å²) in [5.41, 5.74) is 1.62. The van der Waals surface area contributed by atoms with Crippen LogP contribution in [0.3, 0.4) is 0 Å². The molecule has 0 fully saturated rings. The lowest BCUT2D eigenvalue weighted by molar-refractivity contribution is 0.153. The minimum atomic E-state index is -5.56. The first-order chi connectivity index (χ1) is 10.5. The normalized spacial score (nSPS) is 12.9. The Morgan fingerprint density at radius 3 is 1.61 bits per heavy atom. The summed E-state index contributed by atoms with van der Waals surface area (Å²) in [5, 5.41) is 7.94. The topological polar surface area (TPSA) is 147 Å². The first kappa shape index (κ1) is 17.8. The summed E-state index contributed by atoms with van der Waals surface area (Å²) in [5.74, 6) is 0. The molecule has 2 aromatic rings. The first-order valence-corrected chi connectivity index (χ1v) is 9.54. The van der Waals surface area contributed by atoms with Crippen LogP contribution in [0.2, 0.25) is 0 Å². The van der Waals surface area contributed by atoms with Crippen LogP contribution in [0.15, 0.2) is 54.6 Å². The molecule has 0 heterocycles. The van der Waals surface area contributed by atoms with Gasteiger partial charge in [0.15, 0.2) is 0 Å². The third-order valence-electron chi connectivity index (χ3n) is 3.12. The van der Waals surface area contributed by atoms with E-state index >= 15 is 0 Å². The lowest BCUT2D eigenvalue weighted by atomic mass is 10.1. The lowest BCUT2D eigenvalue weighted by Crippen LogP contribution is -2.37. The second-order valence-electron chi connectivity index (χ2n) is 4.79. The van der Waals surface area contributed by atoms with E-state index in [1.165, 1.54) is 12.1 Å². The summed E-state index contributed by atoms with van der Waals surface area (Å²) in [6, 6.07) is 15.1. The minimum Gasteiger partial charge on any atom is -0.352 e. The van der Waals surface area contributed by atoms with E-state index in [1.807, 2.05) is 35.6 Å². The maximum atomic E-state index is 11.3. The second-order valence-corrected chi connectivity index (χ2v) is 8.62. The van der Waals surface area contributed by atoms with Crippen molar-refractivity contribution >= 4 is 20.9 Å². The van der Waals surface area contributed by atoms with Gasteiger partial charge >= 0.3 is 20.4 Å². The van der Waals surface area contributed by atoms with Crippen molar-refractivity contribution < 1.29 is 33.8 Å². The summed E-state index contributed by atoms with van der Waals surface area (Å²) in [7, 11) is -11.1. The van der Waals surface area contributed by atoms with Gasteiger partial charge in [-0.2, -0.15) is 0 Å². The van der Waals surface area contributed by atoms with Crippen LogP contribution in [-0.2, 0) is 9.13 Å². The Bertz CT molecular complexity index is 745. The molecule has 0 saturated carbocycles. The van der Waals surface area contributed by atoms with Crippen LogP contribution >= 0.6 is 15.2 Å². The van der Waals surface area contributed by atoms with Gasteiger partial charge < -0.3 is 30.0 Å². The van der Waals surface area contributed by atoms with E-state index in [9.17, 15) is 14.2 Å². The SMILES string of the molecule is O=P(O)(O)C(O)(Nc1ccc(-c2ccccc2)cc1)P(=O)(O)O. The van der Waals surface area contributed by atoms with E-state index in [1.54, 1.807) is 12.1 Å². The number of benzene rings is 2. The maximum absolute atomic E-state index is 11.3. The standard InChI is InChI=1S/C13H15NO7P2/c15-13(22(16,17)18,23(19,20)21)14-12-8-6-11(7-9-12)10-4-2-1-3-5-10/h1-9,14-15H,(H2,16,17,18)(H2,19,20,21). The van der Waals surface area contributed by atoms with Crippen molar-refractivity contribution in [3.05, 3.63) is 54.6 Å². The number of hydrogen-bond acceptors (Lipinski definition) is 4. The zero-order valence-electron chi connectivity index (χ0n) is 11.6. The van der Waals surface area contributed by atoms with E-state index in [4.69, 9.17) is 19.6 Å². The predicted octanol–water partition coefficient (Wildman–Crippen LogP) is 1.72. The van der Waals surface area contributed by atoms with Crippen molar-refractivity contribution in [2.75, 3.05) is 5.32 Å². The molecule has 0 atom stereocenters. The van der Waals surface area contributed by atoms with Gasteiger partial charge in [0.1, 0.15) is 0 Å². The Labute approximate surface area is 131 Å². The van der Waals surface area contributed by atoms with Gasteiger partial charge in [0.25, 0.3) is 0 Å². The Hall–Kier alpha value is -1.50. The van der Waals surface area contributed by atoms with Crippen LogP contribution in [-0.4, -0.2) is 29.9 Å². The van der Waals surface area contributed by atoms with Crippen LogP contribution in [0.4, 0.5) is 5.69 Å². The highest BCUT2D eigenvalue weighted by Gasteiger charge is 2.60. The summed E-state index contributed by atoms with van der Waals surface area (Å²) in [6.07, 6.45) is 0. The molecule has 0 unspecified atom stereocenters. The molecule has 23 heavy (non-hydrogen) atoms. The van der Waals surface area contributed by atoms with E-state index in [0.29, 0.717) is 0 Å². The average molecular weight is 359 g/mol. The smallest absolute Gasteiger partial charge is 0.352 e. The fourth-order valence-electron chi connectivity index (χ4n) is 1.89. The highest BCUT2D eigenvalue weighted by molar-refractivity contribution is 7.72. The first-order valence-electron chi connectivity index (χ1n) is 6.32. The summed E-state index contributed by atoms with van der Waals surface area (Å²) in [4.78, 5) is 36.3. The zero-order chi connectivity index (χ0) is 17.3. The fourth-order valence-corrected chi connectivity index (χ4v) is 3.79. The van der Waals surface area contributed by atoms with Crippen LogP contribution in [0.5, 0.6) is 0 Å². The number of aliphatic hydroxyl groups is 1. The molecule has 2 aromatic carbocycles. The van der Waals surface area contributed by atoms with Gasteiger partial charge in [-0.15, -0.1) is 0 Å².